The molecule has 0 spiro atoms. The van der Waals surface area contributed by atoms with Gasteiger partial charge in [-0.25, -0.2) is 0 Å². The Labute approximate surface area is 169 Å². The van der Waals surface area contributed by atoms with Gasteiger partial charge in [0.15, 0.2) is 23.1 Å². The lowest BCUT2D eigenvalue weighted by Crippen LogP contribution is -2.38. The van der Waals surface area contributed by atoms with E-state index in [-0.39, 0.29) is 5.76 Å². The summed E-state index contributed by atoms with van der Waals surface area (Å²) in [6.45, 7) is 3.99. The SMILES string of the molecule is Cc1ccc[n+](/C(C(=S)Nc2ccccc2C)=C(\O)c2cccc(Cl)c2)c1. The molecule has 0 bridgehead atoms. The number of hydrogen-bond donors (Lipinski definition) is 2. The first-order chi connectivity index (χ1) is 13.0. The summed E-state index contributed by atoms with van der Waals surface area (Å²) in [6, 6.07) is 18.8. The number of thiocarbonyl (C=S) groups is 1. The molecule has 136 valence electrons. The van der Waals surface area contributed by atoms with Gasteiger partial charge in [-0.1, -0.05) is 54.2 Å². The average Bonchev–Trinajstić information content (AvgIpc) is 2.64. The van der Waals surface area contributed by atoms with E-state index >= 15 is 0 Å². The number of aliphatic hydroxyl groups excluding tert-OH is 1. The van der Waals surface area contributed by atoms with Crippen molar-refractivity contribution in [1.29, 1.82) is 0 Å². The number of aromatic nitrogens is 1. The fourth-order valence-electron chi connectivity index (χ4n) is 2.75. The maximum Gasteiger partial charge on any atom is 0.288 e. The van der Waals surface area contributed by atoms with Crippen molar-refractivity contribution in [3.8, 4) is 0 Å². The van der Waals surface area contributed by atoms with Gasteiger partial charge in [0.2, 0.25) is 0 Å². The average molecular weight is 396 g/mol. The number of rotatable bonds is 4. The molecule has 3 rings (SSSR count). The van der Waals surface area contributed by atoms with E-state index in [1.165, 1.54) is 0 Å². The zero-order chi connectivity index (χ0) is 19.4. The summed E-state index contributed by atoms with van der Waals surface area (Å²) in [6.07, 6.45) is 3.77. The third-order valence-corrected chi connectivity index (χ3v) is 4.67. The summed E-state index contributed by atoms with van der Waals surface area (Å²) >= 11 is 11.8. The zero-order valence-electron chi connectivity index (χ0n) is 15.1. The molecule has 0 aliphatic carbocycles. The largest absolute Gasteiger partial charge is 0.502 e. The van der Waals surface area contributed by atoms with Gasteiger partial charge in [0.25, 0.3) is 5.70 Å². The third-order valence-electron chi connectivity index (χ3n) is 4.14. The number of pyridine rings is 1. The second kappa shape index (κ2) is 8.33. The molecule has 3 nitrogen and oxygen atoms in total. The highest BCUT2D eigenvalue weighted by atomic mass is 35.5. The Bertz CT molecular complexity index is 1030. The van der Waals surface area contributed by atoms with Gasteiger partial charge < -0.3 is 10.4 Å². The smallest absolute Gasteiger partial charge is 0.288 e. The summed E-state index contributed by atoms with van der Waals surface area (Å²) in [4.78, 5) is 0.414. The molecular weight excluding hydrogens is 376 g/mol. The Morgan fingerprint density at radius 1 is 1.04 bits per heavy atom. The maximum absolute atomic E-state index is 11.0. The minimum atomic E-state index is 0.0548. The zero-order valence-corrected chi connectivity index (χ0v) is 16.7. The molecule has 27 heavy (non-hydrogen) atoms. The molecule has 5 heteroatoms. The van der Waals surface area contributed by atoms with E-state index in [4.69, 9.17) is 23.8 Å². The van der Waals surface area contributed by atoms with Crippen LogP contribution in [0.5, 0.6) is 0 Å². The van der Waals surface area contributed by atoms with Crippen molar-refractivity contribution < 1.29 is 9.67 Å². The van der Waals surface area contributed by atoms with Crippen LogP contribution in [0.3, 0.4) is 0 Å². The predicted molar refractivity (Wildman–Crippen MR) is 116 cm³/mol. The number of hydrogen-bond acceptors (Lipinski definition) is 2. The Morgan fingerprint density at radius 2 is 1.81 bits per heavy atom. The molecule has 0 atom stereocenters. The number of benzene rings is 2. The van der Waals surface area contributed by atoms with Crippen LogP contribution in [0, 0.1) is 13.8 Å². The predicted octanol–water partition coefficient (Wildman–Crippen LogP) is 5.57. The van der Waals surface area contributed by atoms with Crippen LogP contribution in [0.2, 0.25) is 5.02 Å². The first kappa shape index (κ1) is 19.1. The molecule has 0 fully saturated rings. The highest BCUT2D eigenvalue weighted by Gasteiger charge is 2.24. The van der Waals surface area contributed by atoms with Gasteiger partial charge in [-0.15, -0.1) is 0 Å². The van der Waals surface area contributed by atoms with Crippen LogP contribution < -0.4 is 9.88 Å². The van der Waals surface area contributed by atoms with E-state index in [1.54, 1.807) is 24.3 Å². The maximum atomic E-state index is 11.0. The van der Waals surface area contributed by atoms with Crippen molar-refractivity contribution in [3.05, 3.63) is 94.8 Å². The van der Waals surface area contributed by atoms with Crippen LogP contribution in [0.15, 0.2) is 73.1 Å². The highest BCUT2D eigenvalue weighted by molar-refractivity contribution is 7.81. The quantitative estimate of drug-likeness (QED) is 0.262. The standard InChI is InChI=1S/C22H19ClN2OS/c1-15-7-6-12-25(14-15)20(21(26)17-9-5-10-18(23)13-17)22(27)24-19-11-4-3-8-16(19)2/h3-14H,1-2H3,(H-,24,26,27)/p+1. The second-order valence-electron chi connectivity index (χ2n) is 6.27. The lowest BCUT2D eigenvalue weighted by atomic mass is 10.1. The van der Waals surface area contributed by atoms with Crippen molar-refractivity contribution in [2.75, 3.05) is 5.32 Å². The Morgan fingerprint density at radius 3 is 2.52 bits per heavy atom. The first-order valence-corrected chi connectivity index (χ1v) is 9.29. The first-order valence-electron chi connectivity index (χ1n) is 8.50. The summed E-state index contributed by atoms with van der Waals surface area (Å²) in [7, 11) is 0. The second-order valence-corrected chi connectivity index (χ2v) is 7.11. The lowest BCUT2D eigenvalue weighted by molar-refractivity contribution is -0.576. The van der Waals surface area contributed by atoms with Crippen molar-refractivity contribution in [3.63, 3.8) is 0 Å². The molecule has 1 heterocycles. The van der Waals surface area contributed by atoms with Crippen molar-refractivity contribution in [2.24, 2.45) is 0 Å². The summed E-state index contributed by atoms with van der Waals surface area (Å²) in [5, 5.41) is 14.8. The Hall–Kier alpha value is -2.69. The van der Waals surface area contributed by atoms with Gasteiger partial charge >= 0.3 is 0 Å². The van der Waals surface area contributed by atoms with Crippen LogP contribution in [0.4, 0.5) is 5.69 Å². The molecule has 0 unspecified atom stereocenters. The molecular formula is C22H20ClN2OS+. The number of anilines is 1. The Kier molecular flexibility index (Phi) is 5.89. The van der Waals surface area contributed by atoms with Crippen molar-refractivity contribution in [2.45, 2.75) is 13.8 Å². The van der Waals surface area contributed by atoms with Crippen LogP contribution >= 0.6 is 23.8 Å². The minimum Gasteiger partial charge on any atom is -0.502 e. The molecule has 2 N–H and O–H groups in total. The molecule has 1 aromatic heterocycles. The summed E-state index contributed by atoms with van der Waals surface area (Å²) < 4.78 is 1.82. The van der Waals surface area contributed by atoms with E-state index in [2.05, 4.69) is 5.32 Å². The third kappa shape index (κ3) is 4.54. The molecule has 0 radical (unpaired) electrons. The van der Waals surface area contributed by atoms with Gasteiger partial charge in [-0.3, -0.25) is 0 Å². The molecule has 0 aliphatic heterocycles. The van der Waals surface area contributed by atoms with E-state index in [0.717, 1.165) is 16.8 Å². The minimum absolute atomic E-state index is 0.0548. The fourth-order valence-corrected chi connectivity index (χ4v) is 3.25. The number of para-hydroxylation sites is 1. The van der Waals surface area contributed by atoms with Crippen LogP contribution in [0.25, 0.3) is 11.5 Å². The number of nitrogens with one attached hydrogen (secondary N) is 1. The number of nitrogens with zero attached hydrogens (tertiary/aromatic N) is 1. The lowest BCUT2D eigenvalue weighted by Gasteiger charge is -2.12. The highest BCUT2D eigenvalue weighted by Crippen LogP contribution is 2.22. The molecule has 0 amide bonds. The fraction of sp³-hybridized carbons (Fsp3) is 0.0909. The molecule has 0 aliphatic rings. The topological polar surface area (TPSA) is 36.1 Å². The van der Waals surface area contributed by atoms with Gasteiger partial charge in [-0.2, -0.15) is 4.57 Å². The van der Waals surface area contributed by atoms with Crippen molar-refractivity contribution >= 4 is 46.0 Å². The van der Waals surface area contributed by atoms with Gasteiger partial charge in [0, 0.05) is 27.9 Å². The van der Waals surface area contributed by atoms with Gasteiger partial charge in [0.05, 0.1) is 0 Å². The van der Waals surface area contributed by atoms with E-state index in [0.29, 0.717) is 21.3 Å². The monoisotopic (exact) mass is 395 g/mol. The molecule has 3 aromatic rings. The number of aryl methyl sites for hydroxylation is 2. The van der Waals surface area contributed by atoms with Crippen LogP contribution in [-0.2, 0) is 0 Å². The number of halogens is 1. The molecule has 0 saturated heterocycles. The Balaban J connectivity index is 2.11. The number of aliphatic hydroxyl groups is 1. The van der Waals surface area contributed by atoms with E-state index in [9.17, 15) is 5.11 Å². The van der Waals surface area contributed by atoms with E-state index in [1.807, 2.05) is 67.2 Å². The van der Waals surface area contributed by atoms with Gasteiger partial charge in [0.1, 0.15) is 0 Å². The van der Waals surface area contributed by atoms with Gasteiger partial charge in [-0.05, 0) is 43.7 Å². The van der Waals surface area contributed by atoms with Crippen LogP contribution in [0.1, 0.15) is 16.7 Å². The summed E-state index contributed by atoms with van der Waals surface area (Å²) in [5.74, 6) is 0.0548. The van der Waals surface area contributed by atoms with Crippen LogP contribution in [-0.4, -0.2) is 10.1 Å². The molecule has 0 saturated carbocycles. The molecule has 2 aromatic carbocycles. The summed E-state index contributed by atoms with van der Waals surface area (Å²) in [5.41, 5.74) is 4.09. The van der Waals surface area contributed by atoms with Crippen molar-refractivity contribution in [1.82, 2.24) is 0 Å². The normalized spacial score (nSPS) is 11.7. The van der Waals surface area contributed by atoms with E-state index < -0.39 is 0 Å².